The van der Waals surface area contributed by atoms with Crippen LogP contribution in [0.1, 0.15) is 63.8 Å². The fourth-order valence-corrected chi connectivity index (χ4v) is 7.14. The van der Waals surface area contributed by atoms with E-state index in [0.29, 0.717) is 19.6 Å². The molecule has 1 aromatic heterocycles. The fourth-order valence-electron chi connectivity index (χ4n) is 7.14. The molecule has 4 aliphatic heterocycles. The Kier molecular flexibility index (Phi) is 7.89. The van der Waals surface area contributed by atoms with Crippen LogP contribution < -0.4 is 9.47 Å². The van der Waals surface area contributed by atoms with Crippen LogP contribution in [0.25, 0.3) is 16.6 Å². The maximum Gasteiger partial charge on any atom is 0.166 e. The Morgan fingerprint density at radius 1 is 1.10 bits per heavy atom. The third-order valence-corrected chi connectivity index (χ3v) is 9.50. The summed E-state index contributed by atoms with van der Waals surface area (Å²) in [5, 5.41) is 1.13. The number of ether oxygens (including phenoxy) is 3. The second-order valence-corrected chi connectivity index (χ2v) is 11.8. The van der Waals surface area contributed by atoms with Crippen molar-refractivity contribution in [3.63, 3.8) is 0 Å². The molecule has 1 aromatic carbocycles. The molecule has 1 fully saturated rings. The van der Waals surface area contributed by atoms with Gasteiger partial charge in [0.1, 0.15) is 13.2 Å². The van der Waals surface area contributed by atoms with Crippen LogP contribution in [0, 0.1) is 0 Å². The van der Waals surface area contributed by atoms with Gasteiger partial charge in [0.15, 0.2) is 22.9 Å². The SMILES string of the molecule is CCC=C1C(CC)=C(C(CC)(OC)C(C)=O)C=C2c3nc4cc5c(cc4c(CN4CCN(C)CC4)c3CN12)OCCO5. The molecular weight excluding hydrogens is 528 g/mol. The molecule has 6 rings (SSSR count). The fraction of sp³-hybridized carbons (Fsp3) is 0.529. The van der Waals surface area contributed by atoms with Crippen LogP contribution in [0.15, 0.2) is 41.1 Å². The Morgan fingerprint density at radius 2 is 1.81 bits per heavy atom. The lowest BCUT2D eigenvalue weighted by atomic mass is 9.79. The Labute approximate surface area is 249 Å². The number of methoxy groups -OCH3 is 1. The van der Waals surface area contributed by atoms with Crippen molar-refractivity contribution < 1.29 is 19.0 Å². The van der Waals surface area contributed by atoms with Gasteiger partial charge < -0.3 is 24.0 Å². The maximum absolute atomic E-state index is 13.2. The smallest absolute Gasteiger partial charge is 0.166 e. The number of allylic oxidation sites excluding steroid dienone is 2. The number of ketones is 1. The monoisotopic (exact) mass is 572 g/mol. The first-order valence-corrected chi connectivity index (χ1v) is 15.5. The van der Waals surface area contributed by atoms with E-state index in [0.717, 1.165) is 91.5 Å². The minimum Gasteiger partial charge on any atom is -0.486 e. The van der Waals surface area contributed by atoms with Crippen molar-refractivity contribution in [1.82, 2.24) is 19.7 Å². The first kappa shape index (κ1) is 28.9. The first-order valence-electron chi connectivity index (χ1n) is 15.5. The quantitative estimate of drug-likeness (QED) is 0.422. The lowest BCUT2D eigenvalue weighted by Gasteiger charge is -2.38. The number of benzene rings is 1. The summed E-state index contributed by atoms with van der Waals surface area (Å²) >= 11 is 0. The van der Waals surface area contributed by atoms with Crippen LogP contribution in [0.5, 0.6) is 11.5 Å². The van der Waals surface area contributed by atoms with E-state index in [1.807, 2.05) is 13.0 Å². The zero-order chi connectivity index (χ0) is 29.6. The van der Waals surface area contributed by atoms with Gasteiger partial charge in [-0.2, -0.15) is 0 Å². The summed E-state index contributed by atoms with van der Waals surface area (Å²) in [7, 11) is 3.85. The summed E-state index contributed by atoms with van der Waals surface area (Å²) in [5.74, 6) is 1.57. The van der Waals surface area contributed by atoms with Gasteiger partial charge in [0.05, 0.1) is 23.5 Å². The summed E-state index contributed by atoms with van der Waals surface area (Å²) in [5.41, 5.74) is 7.82. The Balaban J connectivity index is 1.58. The minimum atomic E-state index is -0.996. The van der Waals surface area contributed by atoms with Gasteiger partial charge in [0.25, 0.3) is 0 Å². The number of rotatable bonds is 8. The number of nitrogens with zero attached hydrogens (tertiary/aromatic N) is 4. The van der Waals surface area contributed by atoms with Crippen molar-refractivity contribution in [2.75, 3.05) is 53.6 Å². The van der Waals surface area contributed by atoms with E-state index >= 15 is 0 Å². The molecule has 0 radical (unpaired) electrons. The van der Waals surface area contributed by atoms with Crippen LogP contribution >= 0.6 is 0 Å². The highest BCUT2D eigenvalue weighted by molar-refractivity contribution is 5.94. The summed E-state index contributed by atoms with van der Waals surface area (Å²) in [6, 6.07) is 4.18. The first-order chi connectivity index (χ1) is 20.3. The van der Waals surface area contributed by atoms with Crippen molar-refractivity contribution in [3.05, 3.63) is 57.9 Å². The third-order valence-electron chi connectivity index (χ3n) is 9.50. The highest BCUT2D eigenvalue weighted by atomic mass is 16.6. The van der Waals surface area contributed by atoms with Crippen LogP contribution in [0.2, 0.25) is 0 Å². The van der Waals surface area contributed by atoms with Gasteiger partial charge in [-0.3, -0.25) is 9.69 Å². The maximum atomic E-state index is 13.2. The number of Topliss-reactive ketones (excluding diaryl/α,β-unsaturated/α-hetero) is 1. The molecule has 1 unspecified atom stereocenters. The van der Waals surface area contributed by atoms with E-state index in [2.05, 4.69) is 53.8 Å². The van der Waals surface area contributed by atoms with E-state index in [4.69, 9.17) is 19.2 Å². The highest BCUT2D eigenvalue weighted by Crippen LogP contribution is 2.49. The van der Waals surface area contributed by atoms with Crippen molar-refractivity contribution in [3.8, 4) is 11.5 Å². The Hall–Kier alpha value is -3.20. The average molecular weight is 573 g/mol. The molecule has 2 aromatic rings. The number of carbonyl (C=O) groups excluding carboxylic acids is 1. The summed E-state index contributed by atoms with van der Waals surface area (Å²) in [4.78, 5) is 25.9. The van der Waals surface area contributed by atoms with Gasteiger partial charge in [-0.1, -0.05) is 26.8 Å². The highest BCUT2D eigenvalue weighted by Gasteiger charge is 2.44. The van der Waals surface area contributed by atoms with E-state index in [9.17, 15) is 4.79 Å². The minimum absolute atomic E-state index is 0.0267. The molecule has 1 atom stereocenters. The van der Waals surface area contributed by atoms with Gasteiger partial charge in [0.2, 0.25) is 0 Å². The van der Waals surface area contributed by atoms with Crippen LogP contribution in [0.4, 0.5) is 0 Å². The number of hydrogen-bond donors (Lipinski definition) is 0. The standard InChI is InChI=1S/C34H44N4O4/c1-7-10-29-23(8-2)27(34(9-3,40-6)22(4)39)18-30-33-26(21-38(29)30)25(20-37-13-11-36(5)12-14-37)24-17-31-32(19-28(24)35-33)42-16-15-41-31/h10,17-19H,7-9,11-16,20-21H2,1-6H3. The van der Waals surface area contributed by atoms with Gasteiger partial charge in [-0.15, -0.1) is 0 Å². The molecule has 1 saturated heterocycles. The summed E-state index contributed by atoms with van der Waals surface area (Å²) in [6.45, 7) is 14.9. The van der Waals surface area contributed by atoms with Crippen LogP contribution in [0.3, 0.4) is 0 Å². The summed E-state index contributed by atoms with van der Waals surface area (Å²) in [6.07, 6.45) is 6.76. The molecule has 0 saturated carbocycles. The lowest BCUT2D eigenvalue weighted by Crippen LogP contribution is -2.44. The molecule has 42 heavy (non-hydrogen) atoms. The zero-order valence-electron chi connectivity index (χ0n) is 26.0. The van der Waals surface area contributed by atoms with Crippen LogP contribution in [-0.2, 0) is 22.6 Å². The van der Waals surface area contributed by atoms with E-state index in [1.165, 1.54) is 22.4 Å². The van der Waals surface area contributed by atoms with Crippen molar-refractivity contribution in [1.29, 1.82) is 0 Å². The van der Waals surface area contributed by atoms with E-state index < -0.39 is 5.60 Å². The summed E-state index contributed by atoms with van der Waals surface area (Å²) < 4.78 is 18.1. The normalized spacial score (nSPS) is 21.4. The third kappa shape index (κ3) is 4.64. The number of pyridine rings is 1. The van der Waals surface area contributed by atoms with E-state index in [-0.39, 0.29) is 5.78 Å². The second kappa shape index (κ2) is 11.5. The average Bonchev–Trinajstić information content (AvgIpc) is 3.36. The molecule has 0 amide bonds. The zero-order valence-corrected chi connectivity index (χ0v) is 26.0. The van der Waals surface area contributed by atoms with Gasteiger partial charge >= 0.3 is 0 Å². The van der Waals surface area contributed by atoms with Gasteiger partial charge in [-0.25, -0.2) is 4.98 Å². The number of likely N-dealkylation sites (N-methyl/N-ethyl adjacent to an activating group) is 1. The Morgan fingerprint density at radius 3 is 2.43 bits per heavy atom. The molecule has 0 N–H and O–H groups in total. The largest absolute Gasteiger partial charge is 0.486 e. The molecule has 4 aliphatic rings. The number of aromatic nitrogens is 1. The van der Waals surface area contributed by atoms with E-state index in [1.54, 1.807) is 14.0 Å². The Bertz CT molecular complexity index is 1490. The topological polar surface area (TPSA) is 67.4 Å². The van der Waals surface area contributed by atoms with Crippen molar-refractivity contribution in [2.45, 2.75) is 65.6 Å². The van der Waals surface area contributed by atoms with Crippen molar-refractivity contribution in [2.24, 2.45) is 0 Å². The molecule has 8 heteroatoms. The second-order valence-electron chi connectivity index (χ2n) is 11.8. The molecule has 0 bridgehead atoms. The number of hydrogen-bond acceptors (Lipinski definition) is 8. The number of carbonyl (C=O) groups is 1. The number of fused-ring (bicyclic) bond motifs is 5. The van der Waals surface area contributed by atoms with Gasteiger partial charge in [0, 0.05) is 62.5 Å². The molecule has 8 nitrogen and oxygen atoms in total. The number of piperazine rings is 1. The molecule has 0 aliphatic carbocycles. The molecule has 5 heterocycles. The predicted molar refractivity (Wildman–Crippen MR) is 165 cm³/mol. The van der Waals surface area contributed by atoms with Gasteiger partial charge in [-0.05, 0) is 62.1 Å². The molecular formula is C34H44N4O4. The molecule has 224 valence electrons. The van der Waals surface area contributed by atoms with Crippen LogP contribution in [-0.4, -0.2) is 84.6 Å². The predicted octanol–water partition coefficient (Wildman–Crippen LogP) is 5.31. The lowest BCUT2D eigenvalue weighted by molar-refractivity contribution is -0.134. The van der Waals surface area contributed by atoms with Crippen molar-refractivity contribution >= 4 is 22.4 Å². The molecule has 0 spiro atoms.